The van der Waals surface area contributed by atoms with Gasteiger partial charge in [0, 0.05) is 16.9 Å². The summed E-state index contributed by atoms with van der Waals surface area (Å²) in [5.74, 6) is -0.299. The highest BCUT2D eigenvalue weighted by molar-refractivity contribution is 7.17. The number of hydrogen-bond acceptors (Lipinski definition) is 4. The van der Waals surface area contributed by atoms with Crippen LogP contribution >= 0.6 is 22.9 Å². The summed E-state index contributed by atoms with van der Waals surface area (Å²) in [4.78, 5) is 28.0. The van der Waals surface area contributed by atoms with E-state index in [4.69, 9.17) is 17.3 Å². The molecule has 3 aromatic rings. The molecule has 0 aliphatic heterocycles. The van der Waals surface area contributed by atoms with Gasteiger partial charge in [0.15, 0.2) is 0 Å². The molecule has 1 heterocycles. The second kappa shape index (κ2) is 7.33. The molecule has 0 spiro atoms. The van der Waals surface area contributed by atoms with Gasteiger partial charge in [-0.3, -0.25) is 4.79 Å². The highest BCUT2D eigenvalue weighted by Crippen LogP contribution is 2.31. The number of primary amides is 1. The molecule has 0 fully saturated rings. The second-order valence-corrected chi connectivity index (χ2v) is 6.47. The molecule has 0 saturated carbocycles. The van der Waals surface area contributed by atoms with Gasteiger partial charge in [-0.1, -0.05) is 35.9 Å². The normalized spacial score (nSPS) is 10.3. The first-order chi connectivity index (χ1) is 12.0. The number of nitrogens with two attached hydrogens (primary N) is 1. The molecule has 0 atom stereocenters. The number of rotatable bonds is 4. The monoisotopic (exact) mass is 372 g/mol. The van der Waals surface area contributed by atoms with Gasteiger partial charge in [0.25, 0.3) is 5.91 Å². The van der Waals surface area contributed by atoms with Crippen molar-refractivity contribution in [2.45, 2.75) is 0 Å². The van der Waals surface area contributed by atoms with E-state index in [2.05, 4.69) is 15.6 Å². The van der Waals surface area contributed by atoms with Crippen molar-refractivity contribution < 1.29 is 9.59 Å². The largest absolute Gasteiger partial charge is 0.351 e. The number of hydrogen-bond donors (Lipinski definition) is 3. The zero-order valence-corrected chi connectivity index (χ0v) is 14.4. The Labute approximate surface area is 152 Å². The molecule has 1 aromatic heterocycles. The summed E-state index contributed by atoms with van der Waals surface area (Å²) in [5, 5.41) is 6.46. The first-order valence-corrected chi connectivity index (χ1v) is 8.41. The van der Waals surface area contributed by atoms with Crippen LogP contribution in [-0.2, 0) is 0 Å². The van der Waals surface area contributed by atoms with Gasteiger partial charge in [-0.05, 0) is 24.3 Å². The number of aromatic nitrogens is 1. The highest BCUT2D eigenvalue weighted by Gasteiger charge is 2.13. The Bertz CT molecular complexity index is 942. The summed E-state index contributed by atoms with van der Waals surface area (Å²) < 4.78 is 0. The Kier molecular flexibility index (Phi) is 4.97. The van der Waals surface area contributed by atoms with Crippen molar-refractivity contribution in [1.29, 1.82) is 0 Å². The summed E-state index contributed by atoms with van der Waals surface area (Å²) in [6.45, 7) is 0. The van der Waals surface area contributed by atoms with Crippen LogP contribution in [0.25, 0.3) is 10.6 Å². The average Bonchev–Trinajstić information content (AvgIpc) is 3.05. The van der Waals surface area contributed by atoms with E-state index in [1.807, 2.05) is 18.2 Å². The number of nitrogens with one attached hydrogen (secondary N) is 2. The maximum absolute atomic E-state index is 12.4. The van der Waals surface area contributed by atoms with Crippen LogP contribution in [0.4, 0.5) is 16.2 Å². The lowest BCUT2D eigenvalue weighted by molar-refractivity contribution is 0.103. The van der Waals surface area contributed by atoms with Gasteiger partial charge in [-0.15, -0.1) is 11.3 Å². The minimum Gasteiger partial charge on any atom is -0.351 e. The van der Waals surface area contributed by atoms with E-state index in [0.717, 1.165) is 5.56 Å². The summed E-state index contributed by atoms with van der Waals surface area (Å²) in [6, 6.07) is 13.3. The SMILES string of the molecule is NC(=O)Nc1cccc(NC(=O)c2cnc(-c3ccccc3Cl)s2)c1. The minimum atomic E-state index is -0.671. The average molecular weight is 373 g/mol. The molecule has 0 aliphatic carbocycles. The van der Waals surface area contributed by atoms with Gasteiger partial charge >= 0.3 is 6.03 Å². The molecule has 0 aliphatic rings. The molecule has 4 N–H and O–H groups in total. The van der Waals surface area contributed by atoms with Crippen molar-refractivity contribution in [3.63, 3.8) is 0 Å². The number of anilines is 2. The molecule has 0 bridgehead atoms. The maximum atomic E-state index is 12.4. The standard InChI is InChI=1S/C17H13ClN4O2S/c18-13-7-2-1-6-12(13)16-20-9-14(25-16)15(23)21-10-4-3-5-11(8-10)22-17(19)24/h1-9H,(H,21,23)(H3,19,22,24). The lowest BCUT2D eigenvalue weighted by Crippen LogP contribution is -2.19. The smallest absolute Gasteiger partial charge is 0.316 e. The number of carbonyl (C=O) groups is 2. The number of nitrogens with zero attached hydrogens (tertiary/aromatic N) is 1. The number of carbonyl (C=O) groups excluding carboxylic acids is 2. The molecular weight excluding hydrogens is 360 g/mol. The fourth-order valence-electron chi connectivity index (χ4n) is 2.15. The van der Waals surface area contributed by atoms with E-state index in [1.165, 1.54) is 17.5 Å². The Balaban J connectivity index is 1.76. The first kappa shape index (κ1) is 16.9. The summed E-state index contributed by atoms with van der Waals surface area (Å²) in [6.07, 6.45) is 1.50. The third kappa shape index (κ3) is 4.14. The molecule has 0 radical (unpaired) electrons. The lowest BCUT2D eigenvalue weighted by atomic mass is 10.2. The maximum Gasteiger partial charge on any atom is 0.316 e. The third-order valence-corrected chi connectivity index (χ3v) is 4.58. The van der Waals surface area contributed by atoms with Crippen molar-refractivity contribution in [2.24, 2.45) is 5.73 Å². The van der Waals surface area contributed by atoms with Crippen molar-refractivity contribution in [3.8, 4) is 10.6 Å². The molecule has 25 heavy (non-hydrogen) atoms. The van der Waals surface area contributed by atoms with Crippen molar-refractivity contribution in [3.05, 3.63) is 64.6 Å². The number of thiazole rings is 1. The van der Waals surface area contributed by atoms with Crippen LogP contribution in [-0.4, -0.2) is 16.9 Å². The summed E-state index contributed by atoms with van der Waals surface area (Å²) in [7, 11) is 0. The topological polar surface area (TPSA) is 97.1 Å². The van der Waals surface area contributed by atoms with Gasteiger partial charge in [0.05, 0.1) is 11.2 Å². The Hall–Kier alpha value is -2.90. The van der Waals surface area contributed by atoms with Gasteiger partial charge in [-0.25, -0.2) is 9.78 Å². The number of amides is 3. The lowest BCUT2D eigenvalue weighted by Gasteiger charge is -2.06. The predicted octanol–water partition coefficient (Wildman–Crippen LogP) is 4.21. The molecule has 3 rings (SSSR count). The summed E-state index contributed by atoms with van der Waals surface area (Å²) in [5.41, 5.74) is 6.88. The van der Waals surface area contributed by atoms with E-state index in [0.29, 0.717) is 26.3 Å². The summed E-state index contributed by atoms with van der Waals surface area (Å²) >= 11 is 7.40. The second-order valence-electron chi connectivity index (χ2n) is 5.03. The van der Waals surface area contributed by atoms with E-state index in [1.54, 1.807) is 30.3 Å². The zero-order chi connectivity index (χ0) is 17.8. The van der Waals surface area contributed by atoms with Crippen LogP contribution in [0.5, 0.6) is 0 Å². The van der Waals surface area contributed by atoms with Crippen LogP contribution in [0.2, 0.25) is 5.02 Å². The molecule has 2 aromatic carbocycles. The highest BCUT2D eigenvalue weighted by atomic mass is 35.5. The zero-order valence-electron chi connectivity index (χ0n) is 12.8. The van der Waals surface area contributed by atoms with Crippen molar-refractivity contribution in [1.82, 2.24) is 4.98 Å². The van der Waals surface area contributed by atoms with E-state index in [9.17, 15) is 9.59 Å². The molecule has 8 heteroatoms. The molecule has 6 nitrogen and oxygen atoms in total. The van der Waals surface area contributed by atoms with Crippen LogP contribution in [0.1, 0.15) is 9.67 Å². The Morgan fingerprint density at radius 1 is 1.04 bits per heavy atom. The van der Waals surface area contributed by atoms with E-state index >= 15 is 0 Å². The first-order valence-electron chi connectivity index (χ1n) is 7.21. The third-order valence-electron chi connectivity index (χ3n) is 3.22. The van der Waals surface area contributed by atoms with Gasteiger partial charge < -0.3 is 16.4 Å². The number of urea groups is 1. The number of halogens is 1. The molecule has 0 saturated heterocycles. The van der Waals surface area contributed by atoms with Crippen LogP contribution < -0.4 is 16.4 Å². The van der Waals surface area contributed by atoms with Crippen LogP contribution in [0, 0.1) is 0 Å². The van der Waals surface area contributed by atoms with E-state index < -0.39 is 6.03 Å². The Morgan fingerprint density at radius 2 is 1.76 bits per heavy atom. The molecule has 0 unspecified atom stereocenters. The predicted molar refractivity (Wildman–Crippen MR) is 100 cm³/mol. The fourth-order valence-corrected chi connectivity index (χ4v) is 3.28. The quantitative estimate of drug-likeness (QED) is 0.640. The minimum absolute atomic E-state index is 0.299. The van der Waals surface area contributed by atoms with E-state index in [-0.39, 0.29) is 5.91 Å². The molecular formula is C17H13ClN4O2S. The van der Waals surface area contributed by atoms with Gasteiger partial charge in [-0.2, -0.15) is 0 Å². The molecule has 3 amide bonds. The number of benzene rings is 2. The fraction of sp³-hybridized carbons (Fsp3) is 0. The van der Waals surface area contributed by atoms with Crippen molar-refractivity contribution >= 4 is 46.3 Å². The van der Waals surface area contributed by atoms with Crippen molar-refractivity contribution in [2.75, 3.05) is 10.6 Å². The van der Waals surface area contributed by atoms with Gasteiger partial charge in [0.1, 0.15) is 9.88 Å². The Morgan fingerprint density at radius 3 is 2.48 bits per heavy atom. The molecule has 126 valence electrons. The van der Waals surface area contributed by atoms with Crippen LogP contribution in [0.15, 0.2) is 54.7 Å². The van der Waals surface area contributed by atoms with Gasteiger partial charge in [0.2, 0.25) is 0 Å². The van der Waals surface area contributed by atoms with Crippen LogP contribution in [0.3, 0.4) is 0 Å².